The lowest BCUT2D eigenvalue weighted by atomic mass is 10.0. The van der Waals surface area contributed by atoms with Crippen molar-refractivity contribution in [3.63, 3.8) is 0 Å². The number of benzene rings is 2. The van der Waals surface area contributed by atoms with E-state index in [-0.39, 0.29) is 17.0 Å². The highest BCUT2D eigenvalue weighted by Crippen LogP contribution is 2.39. The summed E-state index contributed by atoms with van der Waals surface area (Å²) in [6.07, 6.45) is -0.904. The number of esters is 1. The number of nitro benzene ring substituents is 1. The highest BCUT2D eigenvalue weighted by atomic mass is 19.1. The number of hydrogen-bond acceptors (Lipinski definition) is 7. The Bertz CT molecular complexity index is 1040. The third kappa shape index (κ3) is 8.06. The summed E-state index contributed by atoms with van der Waals surface area (Å²) in [5.41, 5.74) is -1.58. The van der Waals surface area contributed by atoms with Gasteiger partial charge >= 0.3 is 12.1 Å². The average Bonchev–Trinajstić information content (AvgIpc) is 2.64. The van der Waals surface area contributed by atoms with Gasteiger partial charge in [-0.2, -0.15) is 0 Å². The zero-order valence-corrected chi connectivity index (χ0v) is 19.4. The van der Waals surface area contributed by atoms with Crippen molar-refractivity contribution in [1.29, 1.82) is 0 Å². The Labute approximate surface area is 191 Å². The Balaban J connectivity index is 2.49. The zero-order chi connectivity index (χ0) is 25.0. The fourth-order valence-corrected chi connectivity index (χ4v) is 2.72. The summed E-state index contributed by atoms with van der Waals surface area (Å²) >= 11 is 0. The number of carbonyl (C=O) groups excluding carboxylic acids is 2. The van der Waals surface area contributed by atoms with Crippen LogP contribution in [-0.4, -0.2) is 34.8 Å². The van der Waals surface area contributed by atoms with E-state index in [4.69, 9.17) is 14.2 Å². The van der Waals surface area contributed by atoms with E-state index >= 15 is 0 Å². The molecular weight excluding hydrogens is 435 g/mol. The van der Waals surface area contributed by atoms with Crippen molar-refractivity contribution in [2.24, 2.45) is 0 Å². The molecule has 2 aromatic carbocycles. The van der Waals surface area contributed by atoms with Crippen molar-refractivity contribution in [1.82, 2.24) is 0 Å². The first-order valence-corrected chi connectivity index (χ1v) is 10.1. The highest BCUT2D eigenvalue weighted by molar-refractivity contribution is 5.91. The third-order valence-electron chi connectivity index (χ3n) is 3.85. The van der Waals surface area contributed by atoms with Crippen molar-refractivity contribution in [3.05, 3.63) is 52.3 Å². The molecule has 0 saturated heterocycles. The van der Waals surface area contributed by atoms with Crippen LogP contribution in [0.1, 0.15) is 41.5 Å². The molecule has 0 atom stereocenters. The van der Waals surface area contributed by atoms with E-state index in [1.165, 1.54) is 36.4 Å². The smallest absolute Gasteiger partial charge is 0.412 e. The van der Waals surface area contributed by atoms with Crippen molar-refractivity contribution < 1.29 is 33.1 Å². The number of anilines is 1. The summed E-state index contributed by atoms with van der Waals surface area (Å²) < 4.78 is 29.4. The van der Waals surface area contributed by atoms with Gasteiger partial charge in [0.05, 0.1) is 4.92 Å². The molecule has 0 aliphatic rings. The van der Waals surface area contributed by atoms with Crippen LogP contribution in [0.2, 0.25) is 0 Å². The molecule has 0 heterocycles. The molecule has 0 aliphatic heterocycles. The third-order valence-corrected chi connectivity index (χ3v) is 3.85. The lowest BCUT2D eigenvalue weighted by Crippen LogP contribution is -2.28. The van der Waals surface area contributed by atoms with Crippen molar-refractivity contribution >= 4 is 23.4 Å². The molecule has 0 unspecified atom stereocenters. The molecule has 0 aliphatic carbocycles. The summed E-state index contributed by atoms with van der Waals surface area (Å²) in [5, 5.41) is 14.0. The SMILES string of the molecule is CC(C)(C)OC(=O)COc1cc(NC(=O)OC(C)(C)C)c([N+](=O)[O-])cc1-c1ccc(F)cc1. The maximum Gasteiger partial charge on any atom is 0.412 e. The van der Waals surface area contributed by atoms with Gasteiger partial charge in [-0.15, -0.1) is 0 Å². The molecule has 0 saturated carbocycles. The number of nitro groups is 1. The summed E-state index contributed by atoms with van der Waals surface area (Å²) in [5.74, 6) is -1.11. The maximum absolute atomic E-state index is 13.4. The number of nitrogens with zero attached hydrogens (tertiary/aromatic N) is 1. The Morgan fingerprint density at radius 1 is 1.00 bits per heavy atom. The molecule has 0 radical (unpaired) electrons. The molecule has 33 heavy (non-hydrogen) atoms. The van der Waals surface area contributed by atoms with Crippen molar-refractivity contribution in [2.45, 2.75) is 52.7 Å². The molecule has 1 N–H and O–H groups in total. The first kappa shape index (κ1) is 25.6. The Morgan fingerprint density at radius 2 is 1.58 bits per heavy atom. The second-order valence-electron chi connectivity index (χ2n) is 9.13. The van der Waals surface area contributed by atoms with Crippen LogP contribution in [0.4, 0.5) is 20.6 Å². The van der Waals surface area contributed by atoms with E-state index < -0.39 is 46.3 Å². The van der Waals surface area contributed by atoms with Gasteiger partial charge < -0.3 is 14.2 Å². The van der Waals surface area contributed by atoms with Crippen LogP contribution >= 0.6 is 0 Å². The molecule has 0 aromatic heterocycles. The predicted molar refractivity (Wildman–Crippen MR) is 120 cm³/mol. The van der Waals surface area contributed by atoms with Gasteiger partial charge in [0.15, 0.2) is 6.61 Å². The van der Waals surface area contributed by atoms with Crippen LogP contribution in [0.25, 0.3) is 11.1 Å². The topological polar surface area (TPSA) is 117 Å². The number of ether oxygens (including phenoxy) is 3. The van der Waals surface area contributed by atoms with Crippen LogP contribution < -0.4 is 10.1 Å². The van der Waals surface area contributed by atoms with Gasteiger partial charge in [0.2, 0.25) is 0 Å². The number of carbonyl (C=O) groups is 2. The lowest BCUT2D eigenvalue weighted by molar-refractivity contribution is -0.383. The maximum atomic E-state index is 13.4. The van der Waals surface area contributed by atoms with Crippen LogP contribution in [0, 0.1) is 15.9 Å². The molecule has 9 nitrogen and oxygen atoms in total. The second-order valence-corrected chi connectivity index (χ2v) is 9.13. The Hall–Kier alpha value is -3.69. The van der Waals surface area contributed by atoms with Crippen LogP contribution in [0.15, 0.2) is 36.4 Å². The molecule has 10 heteroatoms. The first-order valence-electron chi connectivity index (χ1n) is 10.1. The molecule has 1 amide bonds. The molecule has 2 aromatic rings. The van der Waals surface area contributed by atoms with Crippen LogP contribution in [0.3, 0.4) is 0 Å². The second kappa shape index (κ2) is 9.85. The molecular formula is C23H27FN2O7. The van der Waals surface area contributed by atoms with Gasteiger partial charge in [0.1, 0.15) is 28.5 Å². The van der Waals surface area contributed by atoms with Gasteiger partial charge in [0.25, 0.3) is 5.69 Å². The van der Waals surface area contributed by atoms with Gasteiger partial charge in [-0.1, -0.05) is 12.1 Å². The van der Waals surface area contributed by atoms with Crippen molar-refractivity contribution in [3.8, 4) is 16.9 Å². The van der Waals surface area contributed by atoms with E-state index in [1.54, 1.807) is 41.5 Å². The van der Waals surface area contributed by atoms with Gasteiger partial charge in [-0.25, -0.2) is 14.0 Å². The number of halogens is 1. The summed E-state index contributed by atoms with van der Waals surface area (Å²) in [6, 6.07) is 7.58. The minimum absolute atomic E-state index is 0.0455. The largest absolute Gasteiger partial charge is 0.481 e. The number of amides is 1. The summed E-state index contributed by atoms with van der Waals surface area (Å²) in [7, 11) is 0. The number of rotatable bonds is 6. The fourth-order valence-electron chi connectivity index (χ4n) is 2.72. The summed E-state index contributed by atoms with van der Waals surface area (Å²) in [6.45, 7) is 9.54. The van der Waals surface area contributed by atoms with E-state index in [1.807, 2.05) is 0 Å². The minimum Gasteiger partial charge on any atom is -0.481 e. The number of nitrogens with one attached hydrogen (secondary N) is 1. The average molecular weight is 462 g/mol. The monoisotopic (exact) mass is 462 g/mol. The van der Waals surface area contributed by atoms with Gasteiger partial charge in [-0.05, 0) is 59.2 Å². The Morgan fingerprint density at radius 3 is 2.09 bits per heavy atom. The van der Waals surface area contributed by atoms with Gasteiger partial charge in [0, 0.05) is 17.7 Å². The number of hydrogen-bond donors (Lipinski definition) is 1. The summed E-state index contributed by atoms with van der Waals surface area (Å²) in [4.78, 5) is 35.4. The molecule has 178 valence electrons. The molecule has 2 rings (SSSR count). The predicted octanol–water partition coefficient (Wildman–Crippen LogP) is 5.47. The van der Waals surface area contributed by atoms with E-state index in [9.17, 15) is 24.1 Å². The molecule has 0 fully saturated rings. The van der Waals surface area contributed by atoms with Crippen molar-refractivity contribution in [2.75, 3.05) is 11.9 Å². The van der Waals surface area contributed by atoms with Gasteiger partial charge in [-0.3, -0.25) is 15.4 Å². The molecule has 0 spiro atoms. The van der Waals surface area contributed by atoms with E-state index in [2.05, 4.69) is 5.32 Å². The lowest BCUT2D eigenvalue weighted by Gasteiger charge is -2.21. The van der Waals surface area contributed by atoms with E-state index in [0.717, 1.165) is 0 Å². The highest BCUT2D eigenvalue weighted by Gasteiger charge is 2.25. The normalized spacial score (nSPS) is 11.5. The Kier molecular flexibility index (Phi) is 7.63. The van der Waals surface area contributed by atoms with E-state index in [0.29, 0.717) is 5.56 Å². The fraction of sp³-hybridized carbons (Fsp3) is 0.391. The molecule has 0 bridgehead atoms. The van der Waals surface area contributed by atoms with Crippen LogP contribution in [-0.2, 0) is 14.3 Å². The standard InChI is InChI=1S/C23H27FN2O7/c1-22(2,3)32-20(27)13-31-19-12-17(25-21(28)33-23(4,5)6)18(26(29)30)11-16(19)14-7-9-15(24)10-8-14/h7-12H,13H2,1-6H3,(H,25,28). The van der Waals surface area contributed by atoms with Crippen LogP contribution in [0.5, 0.6) is 5.75 Å². The zero-order valence-electron chi connectivity index (χ0n) is 19.4. The quantitative estimate of drug-likeness (QED) is 0.344. The first-order chi connectivity index (χ1) is 15.1. The minimum atomic E-state index is -0.904.